The van der Waals surface area contributed by atoms with Gasteiger partial charge < -0.3 is 9.64 Å². The fourth-order valence-corrected chi connectivity index (χ4v) is 2.06. The zero-order valence-corrected chi connectivity index (χ0v) is 13.1. The molecule has 0 unspecified atom stereocenters. The first-order valence-electron chi connectivity index (χ1n) is 7.25. The number of methoxy groups -OCH3 is 1. The van der Waals surface area contributed by atoms with Crippen LogP contribution < -0.4 is 0 Å². The van der Waals surface area contributed by atoms with Gasteiger partial charge in [0.25, 0.3) is 0 Å². The van der Waals surface area contributed by atoms with E-state index in [-0.39, 0.29) is 5.60 Å². The van der Waals surface area contributed by atoms with E-state index in [1.54, 1.807) is 7.11 Å². The number of ether oxygens (including phenoxy) is 1. The molecule has 0 radical (unpaired) electrons. The van der Waals surface area contributed by atoms with Crippen LogP contribution in [0.5, 0.6) is 0 Å². The normalized spacial score (nSPS) is 16.3. The van der Waals surface area contributed by atoms with Gasteiger partial charge in [0.1, 0.15) is 0 Å². The summed E-state index contributed by atoms with van der Waals surface area (Å²) in [4.78, 5) is 12.4. The number of carbonyl (C=O) groups is 1. The SMILES string of the molecule is COC(C)(C)C.O=CN1CCC(c2ccccc2)CC1. The fourth-order valence-electron chi connectivity index (χ4n) is 2.06. The molecule has 0 spiro atoms. The number of hydrogen-bond donors (Lipinski definition) is 0. The second-order valence-corrected chi connectivity index (χ2v) is 6.14. The topological polar surface area (TPSA) is 29.5 Å². The summed E-state index contributed by atoms with van der Waals surface area (Å²) < 4.78 is 4.94. The van der Waals surface area contributed by atoms with Gasteiger partial charge in [-0.25, -0.2) is 0 Å². The Morgan fingerprint density at radius 2 is 1.65 bits per heavy atom. The molecule has 3 nitrogen and oxygen atoms in total. The summed E-state index contributed by atoms with van der Waals surface area (Å²) in [5.41, 5.74) is 1.46. The van der Waals surface area contributed by atoms with Crippen molar-refractivity contribution in [2.45, 2.75) is 45.1 Å². The summed E-state index contributed by atoms with van der Waals surface area (Å²) in [7, 11) is 1.71. The van der Waals surface area contributed by atoms with Crippen molar-refractivity contribution in [3.05, 3.63) is 35.9 Å². The number of hydrogen-bond acceptors (Lipinski definition) is 2. The maximum Gasteiger partial charge on any atom is 0.209 e. The second kappa shape index (κ2) is 8.05. The summed E-state index contributed by atoms with van der Waals surface area (Å²) in [5, 5.41) is 0. The Hall–Kier alpha value is -1.35. The molecule has 3 heteroatoms. The van der Waals surface area contributed by atoms with E-state index in [0.29, 0.717) is 5.92 Å². The number of nitrogens with zero attached hydrogens (tertiary/aromatic N) is 1. The largest absolute Gasteiger partial charge is 0.379 e. The van der Waals surface area contributed by atoms with Crippen LogP contribution >= 0.6 is 0 Å². The van der Waals surface area contributed by atoms with Gasteiger partial charge in [-0.05, 0) is 45.1 Å². The summed E-state index contributed by atoms with van der Waals surface area (Å²) in [6.45, 7) is 7.87. The van der Waals surface area contributed by atoms with Crippen LogP contribution in [0.2, 0.25) is 0 Å². The lowest BCUT2D eigenvalue weighted by atomic mass is 9.90. The van der Waals surface area contributed by atoms with Crippen LogP contribution in [0.1, 0.15) is 45.1 Å². The molecule has 20 heavy (non-hydrogen) atoms. The molecule has 0 N–H and O–H groups in total. The third kappa shape index (κ3) is 6.20. The molecule has 1 saturated heterocycles. The van der Waals surface area contributed by atoms with E-state index in [2.05, 4.69) is 24.3 Å². The molecule has 0 atom stereocenters. The second-order valence-electron chi connectivity index (χ2n) is 6.14. The van der Waals surface area contributed by atoms with Crippen LogP contribution in [0.15, 0.2) is 30.3 Å². The van der Waals surface area contributed by atoms with Crippen LogP contribution in [0.4, 0.5) is 0 Å². The predicted octanol–water partition coefficient (Wildman–Crippen LogP) is 3.45. The molecule has 0 saturated carbocycles. The average molecular weight is 277 g/mol. The lowest BCUT2D eigenvalue weighted by Gasteiger charge is -2.29. The fraction of sp³-hybridized carbons (Fsp3) is 0.588. The minimum Gasteiger partial charge on any atom is -0.379 e. The number of carbonyl (C=O) groups excluding carboxylic acids is 1. The monoisotopic (exact) mass is 277 g/mol. The number of amides is 1. The molecule has 112 valence electrons. The number of piperidine rings is 1. The molecular formula is C17H27NO2. The standard InChI is InChI=1S/C12H15NO.C5H12O/c14-10-13-8-6-12(7-9-13)11-4-2-1-3-5-11;1-5(2,3)6-4/h1-5,10,12H,6-9H2;1-4H3. The van der Waals surface area contributed by atoms with Crippen molar-refractivity contribution >= 4 is 6.41 Å². The first kappa shape index (κ1) is 16.7. The number of likely N-dealkylation sites (tertiary alicyclic amines) is 1. The zero-order valence-electron chi connectivity index (χ0n) is 13.1. The Balaban J connectivity index is 0.000000286. The van der Waals surface area contributed by atoms with Crippen molar-refractivity contribution in [1.82, 2.24) is 4.90 Å². The van der Waals surface area contributed by atoms with Crippen molar-refractivity contribution in [3.8, 4) is 0 Å². The highest BCUT2D eigenvalue weighted by atomic mass is 16.5. The van der Waals surface area contributed by atoms with E-state index < -0.39 is 0 Å². The number of rotatable bonds is 2. The highest BCUT2D eigenvalue weighted by Gasteiger charge is 2.18. The van der Waals surface area contributed by atoms with E-state index in [1.165, 1.54) is 5.56 Å². The van der Waals surface area contributed by atoms with E-state index >= 15 is 0 Å². The van der Waals surface area contributed by atoms with Gasteiger partial charge in [0.15, 0.2) is 0 Å². The van der Waals surface area contributed by atoms with Gasteiger partial charge in [0, 0.05) is 20.2 Å². The minimum absolute atomic E-state index is 0.0417. The molecule has 0 aromatic heterocycles. The van der Waals surface area contributed by atoms with E-state index in [1.807, 2.05) is 31.7 Å². The van der Waals surface area contributed by atoms with Gasteiger partial charge >= 0.3 is 0 Å². The summed E-state index contributed by atoms with van der Waals surface area (Å²) in [6.07, 6.45) is 3.16. The van der Waals surface area contributed by atoms with E-state index in [9.17, 15) is 4.79 Å². The van der Waals surface area contributed by atoms with Crippen LogP contribution in [-0.4, -0.2) is 37.1 Å². The van der Waals surface area contributed by atoms with Gasteiger partial charge in [-0.3, -0.25) is 4.79 Å². The van der Waals surface area contributed by atoms with Gasteiger partial charge in [0.05, 0.1) is 5.60 Å². The number of benzene rings is 1. The summed E-state index contributed by atoms with van der Waals surface area (Å²) in [6, 6.07) is 10.6. The Labute approximate surface area is 122 Å². The van der Waals surface area contributed by atoms with Gasteiger partial charge in [-0.15, -0.1) is 0 Å². The maximum atomic E-state index is 10.5. The Bertz CT molecular complexity index is 376. The van der Waals surface area contributed by atoms with Crippen molar-refractivity contribution in [2.24, 2.45) is 0 Å². The Morgan fingerprint density at radius 3 is 2.05 bits per heavy atom. The maximum absolute atomic E-state index is 10.5. The molecule has 1 heterocycles. The highest BCUT2D eigenvalue weighted by molar-refractivity contribution is 5.47. The quantitative estimate of drug-likeness (QED) is 0.775. The molecule has 2 rings (SSSR count). The first-order chi connectivity index (χ1) is 9.46. The Kier molecular flexibility index (Phi) is 6.73. The van der Waals surface area contributed by atoms with Gasteiger partial charge in [-0.1, -0.05) is 30.3 Å². The summed E-state index contributed by atoms with van der Waals surface area (Å²) in [5.74, 6) is 0.646. The van der Waals surface area contributed by atoms with Crippen LogP contribution in [0, 0.1) is 0 Å². The van der Waals surface area contributed by atoms with Gasteiger partial charge in [0.2, 0.25) is 6.41 Å². The third-order valence-corrected chi connectivity index (χ3v) is 3.56. The molecular weight excluding hydrogens is 250 g/mol. The molecule has 1 aromatic rings. The highest BCUT2D eigenvalue weighted by Crippen LogP contribution is 2.26. The van der Waals surface area contributed by atoms with Crippen molar-refractivity contribution in [3.63, 3.8) is 0 Å². The Morgan fingerprint density at radius 1 is 1.15 bits per heavy atom. The smallest absolute Gasteiger partial charge is 0.209 e. The average Bonchev–Trinajstić information content (AvgIpc) is 2.48. The van der Waals surface area contributed by atoms with E-state index in [4.69, 9.17) is 4.74 Å². The first-order valence-corrected chi connectivity index (χ1v) is 7.25. The molecule has 1 fully saturated rings. The molecule has 1 aliphatic rings. The van der Waals surface area contributed by atoms with Crippen LogP contribution in [0.25, 0.3) is 0 Å². The molecule has 0 bridgehead atoms. The third-order valence-electron chi connectivity index (χ3n) is 3.56. The van der Waals surface area contributed by atoms with E-state index in [0.717, 1.165) is 32.3 Å². The molecule has 1 aromatic carbocycles. The van der Waals surface area contributed by atoms with Crippen molar-refractivity contribution < 1.29 is 9.53 Å². The van der Waals surface area contributed by atoms with Crippen LogP contribution in [-0.2, 0) is 9.53 Å². The zero-order chi connectivity index (χ0) is 15.0. The summed E-state index contributed by atoms with van der Waals surface area (Å²) >= 11 is 0. The lowest BCUT2D eigenvalue weighted by molar-refractivity contribution is -0.119. The predicted molar refractivity (Wildman–Crippen MR) is 82.8 cm³/mol. The van der Waals surface area contributed by atoms with Crippen LogP contribution in [0.3, 0.4) is 0 Å². The lowest BCUT2D eigenvalue weighted by Crippen LogP contribution is -2.31. The van der Waals surface area contributed by atoms with Crippen molar-refractivity contribution in [2.75, 3.05) is 20.2 Å². The van der Waals surface area contributed by atoms with Gasteiger partial charge in [-0.2, -0.15) is 0 Å². The molecule has 1 aliphatic heterocycles. The molecule has 1 amide bonds. The minimum atomic E-state index is 0.0417. The van der Waals surface area contributed by atoms with Crippen molar-refractivity contribution in [1.29, 1.82) is 0 Å². The molecule has 0 aliphatic carbocycles.